The molecule has 7 nitrogen and oxygen atoms in total. The van der Waals surface area contributed by atoms with Gasteiger partial charge in [-0.2, -0.15) is 13.7 Å². The second kappa shape index (κ2) is 4.90. The summed E-state index contributed by atoms with van der Waals surface area (Å²) in [5, 5.41) is 19.5. The summed E-state index contributed by atoms with van der Waals surface area (Å²) in [5.41, 5.74) is -0.284. The molecule has 0 aliphatic rings. The van der Waals surface area contributed by atoms with E-state index in [0.29, 0.717) is 0 Å². The number of benzene rings is 1. The van der Waals surface area contributed by atoms with Gasteiger partial charge in [-0.3, -0.25) is 14.7 Å². The summed E-state index contributed by atoms with van der Waals surface area (Å²) in [6, 6.07) is 5.62. The van der Waals surface area contributed by atoms with Crippen LogP contribution < -0.4 is 0 Å². The van der Waals surface area contributed by atoms with E-state index in [0.717, 1.165) is 0 Å². The molecule has 17 heavy (non-hydrogen) atoms. The van der Waals surface area contributed by atoms with Crippen molar-refractivity contribution in [3.05, 3.63) is 39.4 Å². The molecule has 0 atom stereocenters. The van der Waals surface area contributed by atoms with Crippen molar-refractivity contribution >= 4 is 15.8 Å². The molecule has 0 saturated carbocycles. The first-order chi connectivity index (χ1) is 7.85. The number of nitro groups is 1. The van der Waals surface area contributed by atoms with Crippen LogP contribution in [0.3, 0.4) is 0 Å². The molecule has 0 aliphatic carbocycles. The summed E-state index contributed by atoms with van der Waals surface area (Å²) in [7, 11) is -4.22. The summed E-state index contributed by atoms with van der Waals surface area (Å²) < 4.78 is 29.8. The highest BCUT2D eigenvalue weighted by Crippen LogP contribution is 2.22. The zero-order valence-corrected chi connectivity index (χ0v) is 9.35. The predicted octanol–water partition coefficient (Wildman–Crippen LogP) is 0.897. The second-order valence-electron chi connectivity index (χ2n) is 3.21. The third-order valence-corrected chi connectivity index (χ3v) is 2.80. The van der Waals surface area contributed by atoms with Gasteiger partial charge < -0.3 is 0 Å². The van der Waals surface area contributed by atoms with E-state index in [-0.39, 0.29) is 23.2 Å². The number of nitriles is 1. The Morgan fingerprint density at radius 3 is 2.59 bits per heavy atom. The molecule has 1 aromatic carbocycles. The lowest BCUT2D eigenvalue weighted by molar-refractivity contribution is -0.385. The van der Waals surface area contributed by atoms with Gasteiger partial charge in [-0.05, 0) is 12.5 Å². The lowest BCUT2D eigenvalue weighted by atomic mass is 10.0. The van der Waals surface area contributed by atoms with Crippen molar-refractivity contribution in [1.29, 1.82) is 5.26 Å². The van der Waals surface area contributed by atoms with Gasteiger partial charge in [0.1, 0.15) is 0 Å². The standard InChI is InChI=1S/C9H8N2O5S/c10-6-7-2-1-3-9(11(12)13)8(7)4-5-17(14,15)16/h1-3H,4-5H2,(H,14,15,16). The molecule has 8 heteroatoms. The fourth-order valence-corrected chi connectivity index (χ4v) is 1.81. The summed E-state index contributed by atoms with van der Waals surface area (Å²) in [4.78, 5) is 10.0. The molecule has 0 unspecified atom stereocenters. The van der Waals surface area contributed by atoms with E-state index in [9.17, 15) is 18.5 Å². The molecular weight excluding hydrogens is 248 g/mol. The third kappa shape index (κ3) is 3.51. The van der Waals surface area contributed by atoms with E-state index < -0.39 is 20.8 Å². The summed E-state index contributed by atoms with van der Waals surface area (Å²) >= 11 is 0. The molecule has 90 valence electrons. The van der Waals surface area contributed by atoms with Crippen LogP contribution in [-0.2, 0) is 16.5 Å². The molecule has 1 rings (SSSR count). The summed E-state index contributed by atoms with van der Waals surface area (Å²) in [6.07, 6.45) is -0.279. The lowest BCUT2D eigenvalue weighted by Crippen LogP contribution is -2.09. The van der Waals surface area contributed by atoms with Crippen molar-refractivity contribution in [3.63, 3.8) is 0 Å². The lowest BCUT2D eigenvalue weighted by Gasteiger charge is -2.03. The number of nitro benzene ring substituents is 1. The van der Waals surface area contributed by atoms with Crippen molar-refractivity contribution in [1.82, 2.24) is 0 Å². The highest BCUT2D eigenvalue weighted by Gasteiger charge is 2.19. The van der Waals surface area contributed by atoms with Gasteiger partial charge in [-0.1, -0.05) is 6.07 Å². The van der Waals surface area contributed by atoms with Gasteiger partial charge in [-0.25, -0.2) is 0 Å². The largest absolute Gasteiger partial charge is 0.286 e. The van der Waals surface area contributed by atoms with Crippen LogP contribution in [0.5, 0.6) is 0 Å². The smallest absolute Gasteiger partial charge is 0.273 e. The molecule has 1 N–H and O–H groups in total. The molecule has 0 spiro atoms. The fraction of sp³-hybridized carbons (Fsp3) is 0.222. The number of hydrogen-bond acceptors (Lipinski definition) is 5. The zero-order valence-electron chi connectivity index (χ0n) is 8.53. The monoisotopic (exact) mass is 256 g/mol. The van der Waals surface area contributed by atoms with E-state index in [2.05, 4.69) is 0 Å². The van der Waals surface area contributed by atoms with Gasteiger partial charge in [0.05, 0.1) is 22.3 Å². The van der Waals surface area contributed by atoms with E-state index in [1.54, 1.807) is 6.07 Å². The van der Waals surface area contributed by atoms with Crippen molar-refractivity contribution in [2.24, 2.45) is 0 Å². The number of nitrogens with zero attached hydrogens (tertiary/aromatic N) is 2. The Hall–Kier alpha value is -1.98. The van der Waals surface area contributed by atoms with Crippen LogP contribution in [-0.4, -0.2) is 23.6 Å². The Kier molecular flexibility index (Phi) is 3.77. The van der Waals surface area contributed by atoms with Crippen LogP contribution >= 0.6 is 0 Å². The molecule has 0 aromatic heterocycles. The topological polar surface area (TPSA) is 121 Å². The minimum absolute atomic E-state index is 0.0117. The normalized spacial score (nSPS) is 10.8. The Bertz CT molecular complexity index is 588. The number of rotatable bonds is 4. The maximum absolute atomic E-state index is 10.7. The van der Waals surface area contributed by atoms with E-state index >= 15 is 0 Å². The Morgan fingerprint density at radius 1 is 1.47 bits per heavy atom. The Morgan fingerprint density at radius 2 is 2.12 bits per heavy atom. The van der Waals surface area contributed by atoms with E-state index in [1.807, 2.05) is 0 Å². The van der Waals surface area contributed by atoms with Gasteiger partial charge in [0, 0.05) is 11.6 Å². The second-order valence-corrected chi connectivity index (χ2v) is 4.78. The molecule has 0 amide bonds. The van der Waals surface area contributed by atoms with Crippen LogP contribution in [0, 0.1) is 21.4 Å². The average Bonchev–Trinajstić information content (AvgIpc) is 2.24. The van der Waals surface area contributed by atoms with Crippen molar-refractivity contribution in [2.75, 3.05) is 5.75 Å². The molecular formula is C9H8N2O5S. The zero-order chi connectivity index (χ0) is 13.1. The van der Waals surface area contributed by atoms with Crippen LogP contribution in [0.2, 0.25) is 0 Å². The minimum Gasteiger partial charge on any atom is -0.286 e. The van der Waals surface area contributed by atoms with Gasteiger partial charge >= 0.3 is 0 Å². The molecule has 1 aromatic rings. The quantitative estimate of drug-likeness (QED) is 0.485. The SMILES string of the molecule is N#Cc1cccc([N+](=O)[O-])c1CCS(=O)(=O)O. The van der Waals surface area contributed by atoms with Crippen LogP contribution in [0.15, 0.2) is 18.2 Å². The first kappa shape index (κ1) is 13.1. The minimum atomic E-state index is -4.22. The van der Waals surface area contributed by atoms with Crippen molar-refractivity contribution < 1.29 is 17.9 Å². The van der Waals surface area contributed by atoms with Gasteiger partial charge in [-0.15, -0.1) is 0 Å². The fourth-order valence-electron chi connectivity index (χ4n) is 1.34. The molecule has 0 radical (unpaired) electrons. The van der Waals surface area contributed by atoms with Crippen LogP contribution in [0.25, 0.3) is 0 Å². The van der Waals surface area contributed by atoms with Crippen LogP contribution in [0.4, 0.5) is 5.69 Å². The highest BCUT2D eigenvalue weighted by atomic mass is 32.2. The molecule has 0 aliphatic heterocycles. The average molecular weight is 256 g/mol. The predicted molar refractivity (Wildman–Crippen MR) is 57.9 cm³/mol. The highest BCUT2D eigenvalue weighted by molar-refractivity contribution is 7.85. The number of hydrogen-bond donors (Lipinski definition) is 1. The maximum atomic E-state index is 10.7. The first-order valence-corrected chi connectivity index (χ1v) is 6.07. The Labute approximate surface area is 97.2 Å². The summed E-state index contributed by atoms with van der Waals surface area (Å²) in [6.45, 7) is 0. The molecule has 0 saturated heterocycles. The van der Waals surface area contributed by atoms with Gasteiger partial charge in [0.2, 0.25) is 0 Å². The molecule has 0 heterocycles. The first-order valence-electron chi connectivity index (χ1n) is 4.46. The van der Waals surface area contributed by atoms with Crippen LogP contribution in [0.1, 0.15) is 11.1 Å². The summed E-state index contributed by atoms with van der Waals surface area (Å²) in [5.74, 6) is -0.660. The third-order valence-electron chi connectivity index (χ3n) is 2.08. The van der Waals surface area contributed by atoms with Gasteiger partial charge in [0.15, 0.2) is 0 Å². The molecule has 0 fully saturated rings. The van der Waals surface area contributed by atoms with E-state index in [4.69, 9.17) is 9.81 Å². The van der Waals surface area contributed by atoms with Crippen molar-refractivity contribution in [2.45, 2.75) is 6.42 Å². The Balaban J connectivity index is 3.20. The molecule has 0 bridgehead atoms. The van der Waals surface area contributed by atoms with E-state index in [1.165, 1.54) is 18.2 Å². The van der Waals surface area contributed by atoms with Gasteiger partial charge in [0.25, 0.3) is 15.8 Å². The maximum Gasteiger partial charge on any atom is 0.273 e. The van der Waals surface area contributed by atoms with Crippen molar-refractivity contribution in [3.8, 4) is 6.07 Å².